The average Bonchev–Trinajstić information content (AvgIpc) is 2.81. The summed E-state index contributed by atoms with van der Waals surface area (Å²) in [5, 5.41) is 2.93. The number of likely N-dealkylation sites (N-methyl/N-ethyl adjacent to an activating group) is 1. The highest BCUT2D eigenvalue weighted by atomic mass is 79.9. The van der Waals surface area contributed by atoms with Gasteiger partial charge in [-0.2, -0.15) is 0 Å². The van der Waals surface area contributed by atoms with Gasteiger partial charge in [-0.05, 0) is 42.2 Å². The normalized spacial score (nSPS) is 11.6. The maximum absolute atomic E-state index is 13.5. The summed E-state index contributed by atoms with van der Waals surface area (Å²) < 4.78 is 0.948. The minimum absolute atomic E-state index is 0.0268. The van der Waals surface area contributed by atoms with E-state index < -0.39 is 6.04 Å². The number of rotatable bonds is 10. The predicted octanol–water partition coefficient (Wildman–Crippen LogP) is 5.16. The minimum Gasteiger partial charge on any atom is -0.355 e. The molecule has 0 aliphatic heterocycles. The van der Waals surface area contributed by atoms with E-state index >= 15 is 0 Å². The number of carbonyl (C=O) groups is 2. The van der Waals surface area contributed by atoms with Crippen molar-refractivity contribution in [1.82, 2.24) is 10.2 Å². The standard InChI is InChI=1S/C27H29BrN2O2/c1-2-29-27(32)25(19-22-12-7-4-8-13-22)30(20-23-14-9-15-24(28)18-23)26(31)17-16-21-10-5-3-6-11-21/h3-15,18,25H,2,16-17,19-20H2,1H3,(H,29,32)/t25-/m0/s1. The smallest absolute Gasteiger partial charge is 0.243 e. The molecular weight excluding hydrogens is 464 g/mol. The van der Waals surface area contributed by atoms with E-state index in [4.69, 9.17) is 0 Å². The zero-order chi connectivity index (χ0) is 22.8. The maximum Gasteiger partial charge on any atom is 0.243 e. The van der Waals surface area contributed by atoms with Crippen molar-refractivity contribution in [3.63, 3.8) is 0 Å². The molecule has 1 N–H and O–H groups in total. The van der Waals surface area contributed by atoms with Gasteiger partial charge in [0.05, 0.1) is 0 Å². The number of nitrogens with one attached hydrogen (secondary N) is 1. The summed E-state index contributed by atoms with van der Waals surface area (Å²) >= 11 is 3.51. The molecule has 32 heavy (non-hydrogen) atoms. The molecule has 3 aromatic rings. The molecule has 1 atom stereocenters. The van der Waals surface area contributed by atoms with Crippen LogP contribution in [0, 0.1) is 0 Å². The van der Waals surface area contributed by atoms with Crippen LogP contribution in [0.4, 0.5) is 0 Å². The average molecular weight is 493 g/mol. The summed E-state index contributed by atoms with van der Waals surface area (Å²) in [6, 6.07) is 27.1. The quantitative estimate of drug-likeness (QED) is 0.424. The van der Waals surface area contributed by atoms with Gasteiger partial charge in [0.25, 0.3) is 0 Å². The van der Waals surface area contributed by atoms with Gasteiger partial charge in [0.15, 0.2) is 0 Å². The molecule has 0 radical (unpaired) electrons. The van der Waals surface area contributed by atoms with Gasteiger partial charge in [-0.15, -0.1) is 0 Å². The second kappa shape index (κ2) is 12.2. The van der Waals surface area contributed by atoms with Crippen molar-refractivity contribution in [2.24, 2.45) is 0 Å². The highest BCUT2D eigenvalue weighted by molar-refractivity contribution is 9.10. The van der Waals surface area contributed by atoms with E-state index in [-0.39, 0.29) is 11.8 Å². The lowest BCUT2D eigenvalue weighted by molar-refractivity contribution is -0.141. The largest absolute Gasteiger partial charge is 0.355 e. The number of aryl methyl sites for hydroxylation is 1. The van der Waals surface area contributed by atoms with Crippen molar-refractivity contribution >= 4 is 27.7 Å². The van der Waals surface area contributed by atoms with E-state index in [1.54, 1.807) is 4.90 Å². The second-order valence-electron chi connectivity index (χ2n) is 7.74. The van der Waals surface area contributed by atoms with Gasteiger partial charge in [-0.3, -0.25) is 9.59 Å². The van der Waals surface area contributed by atoms with E-state index in [0.29, 0.717) is 32.4 Å². The van der Waals surface area contributed by atoms with E-state index in [1.165, 1.54) is 0 Å². The van der Waals surface area contributed by atoms with Crippen LogP contribution in [0.2, 0.25) is 0 Å². The lowest BCUT2D eigenvalue weighted by atomic mass is 10.0. The second-order valence-corrected chi connectivity index (χ2v) is 8.65. The van der Waals surface area contributed by atoms with Crippen LogP contribution < -0.4 is 5.32 Å². The lowest BCUT2D eigenvalue weighted by Crippen LogP contribution is -2.50. The molecule has 3 rings (SSSR count). The Morgan fingerprint density at radius 1 is 0.875 bits per heavy atom. The Labute approximate surface area is 198 Å². The van der Waals surface area contributed by atoms with E-state index in [2.05, 4.69) is 21.2 Å². The molecule has 0 aromatic heterocycles. The van der Waals surface area contributed by atoms with Gasteiger partial charge < -0.3 is 10.2 Å². The fourth-order valence-electron chi connectivity index (χ4n) is 3.72. The monoisotopic (exact) mass is 492 g/mol. The molecule has 2 amide bonds. The Balaban J connectivity index is 1.88. The van der Waals surface area contributed by atoms with Crippen LogP contribution in [-0.4, -0.2) is 29.3 Å². The molecule has 3 aromatic carbocycles. The summed E-state index contributed by atoms with van der Waals surface area (Å²) in [5.41, 5.74) is 3.12. The molecule has 0 spiro atoms. The Bertz CT molecular complexity index is 1010. The van der Waals surface area contributed by atoms with Crippen LogP contribution in [0.25, 0.3) is 0 Å². The Morgan fingerprint density at radius 2 is 1.50 bits per heavy atom. The molecule has 0 aliphatic rings. The van der Waals surface area contributed by atoms with Crippen molar-refractivity contribution in [3.8, 4) is 0 Å². The highest BCUT2D eigenvalue weighted by Crippen LogP contribution is 2.19. The van der Waals surface area contributed by atoms with Crippen LogP contribution >= 0.6 is 15.9 Å². The van der Waals surface area contributed by atoms with Crippen LogP contribution in [0.15, 0.2) is 89.4 Å². The van der Waals surface area contributed by atoms with Crippen molar-refractivity contribution in [2.45, 2.75) is 38.8 Å². The first-order valence-electron chi connectivity index (χ1n) is 11.0. The highest BCUT2D eigenvalue weighted by Gasteiger charge is 2.29. The van der Waals surface area contributed by atoms with Crippen molar-refractivity contribution in [1.29, 1.82) is 0 Å². The third kappa shape index (κ3) is 7.06. The molecule has 0 fully saturated rings. The van der Waals surface area contributed by atoms with Gasteiger partial charge in [0.1, 0.15) is 6.04 Å². The zero-order valence-corrected chi connectivity index (χ0v) is 19.9. The third-order valence-electron chi connectivity index (χ3n) is 5.33. The van der Waals surface area contributed by atoms with Crippen molar-refractivity contribution in [3.05, 3.63) is 106 Å². The minimum atomic E-state index is -0.584. The third-order valence-corrected chi connectivity index (χ3v) is 5.83. The first-order valence-corrected chi connectivity index (χ1v) is 11.8. The first kappa shape index (κ1) is 23.7. The summed E-state index contributed by atoms with van der Waals surface area (Å²) in [6.45, 7) is 2.79. The molecule has 5 heteroatoms. The van der Waals surface area contributed by atoms with Crippen molar-refractivity contribution in [2.75, 3.05) is 6.54 Å². The van der Waals surface area contributed by atoms with Gasteiger partial charge >= 0.3 is 0 Å². The van der Waals surface area contributed by atoms with Crippen molar-refractivity contribution < 1.29 is 9.59 Å². The molecule has 0 aliphatic carbocycles. The summed E-state index contributed by atoms with van der Waals surface area (Å²) in [7, 11) is 0. The van der Waals surface area contributed by atoms with Crippen LogP contribution in [-0.2, 0) is 29.0 Å². The lowest BCUT2D eigenvalue weighted by Gasteiger charge is -2.31. The number of hydrogen-bond acceptors (Lipinski definition) is 2. The Hall–Kier alpha value is -2.92. The fourth-order valence-corrected chi connectivity index (χ4v) is 4.16. The Morgan fingerprint density at radius 3 is 2.12 bits per heavy atom. The molecule has 0 heterocycles. The number of carbonyl (C=O) groups excluding carboxylic acids is 2. The molecule has 0 saturated carbocycles. The predicted molar refractivity (Wildman–Crippen MR) is 132 cm³/mol. The van der Waals surface area contributed by atoms with E-state index in [0.717, 1.165) is 21.2 Å². The maximum atomic E-state index is 13.5. The van der Waals surface area contributed by atoms with Crippen LogP contribution in [0.3, 0.4) is 0 Å². The first-order chi connectivity index (χ1) is 15.6. The fraction of sp³-hybridized carbons (Fsp3) is 0.259. The van der Waals surface area contributed by atoms with Gasteiger partial charge in [-0.1, -0.05) is 88.7 Å². The topological polar surface area (TPSA) is 49.4 Å². The summed E-state index contributed by atoms with van der Waals surface area (Å²) in [5.74, 6) is -0.152. The van der Waals surface area contributed by atoms with E-state index in [1.807, 2.05) is 91.9 Å². The molecular formula is C27H29BrN2O2. The number of nitrogens with zero attached hydrogens (tertiary/aromatic N) is 1. The number of benzene rings is 3. The van der Waals surface area contributed by atoms with E-state index in [9.17, 15) is 9.59 Å². The molecule has 166 valence electrons. The zero-order valence-electron chi connectivity index (χ0n) is 18.3. The number of amides is 2. The van der Waals surface area contributed by atoms with Gasteiger partial charge in [-0.25, -0.2) is 0 Å². The molecule has 0 bridgehead atoms. The molecule has 4 nitrogen and oxygen atoms in total. The van der Waals surface area contributed by atoms with Crippen LogP contribution in [0.5, 0.6) is 0 Å². The number of halogens is 1. The van der Waals surface area contributed by atoms with Gasteiger partial charge in [0, 0.05) is 30.4 Å². The SMILES string of the molecule is CCNC(=O)[C@H](Cc1ccccc1)N(Cc1cccc(Br)c1)C(=O)CCc1ccccc1. The van der Waals surface area contributed by atoms with Gasteiger partial charge in [0.2, 0.25) is 11.8 Å². The Kier molecular flexibility index (Phi) is 9.05. The summed E-state index contributed by atoms with van der Waals surface area (Å²) in [6.07, 6.45) is 1.46. The van der Waals surface area contributed by atoms with Crippen LogP contribution in [0.1, 0.15) is 30.0 Å². The summed E-state index contributed by atoms with van der Waals surface area (Å²) in [4.78, 5) is 28.3. The molecule has 0 unspecified atom stereocenters. The number of hydrogen-bond donors (Lipinski definition) is 1. The molecule has 0 saturated heterocycles.